The summed E-state index contributed by atoms with van der Waals surface area (Å²) in [5.41, 5.74) is 9.39. The molecule has 0 atom stereocenters. The number of thiophene rings is 1. The van der Waals surface area contributed by atoms with Crippen molar-refractivity contribution in [2.75, 3.05) is 0 Å². The van der Waals surface area contributed by atoms with Crippen molar-refractivity contribution in [2.24, 2.45) is 0 Å². The smallest absolute Gasteiger partial charge is 0.160 e. The summed E-state index contributed by atoms with van der Waals surface area (Å²) in [4.78, 5) is 15.5. The zero-order valence-corrected chi connectivity index (χ0v) is 29.3. The summed E-state index contributed by atoms with van der Waals surface area (Å²) in [7, 11) is 0. The minimum atomic E-state index is 0.718. The lowest BCUT2D eigenvalue weighted by Gasteiger charge is -2.12. The maximum Gasteiger partial charge on any atom is 0.160 e. The summed E-state index contributed by atoms with van der Waals surface area (Å²) in [5, 5.41) is 9.70. The Hall–Kier alpha value is -6.75. The van der Waals surface area contributed by atoms with Gasteiger partial charge in [0.1, 0.15) is 0 Å². The molecule has 4 heteroatoms. The second-order valence-electron chi connectivity index (χ2n) is 13.5. The fourth-order valence-electron chi connectivity index (χ4n) is 7.91. The first kappa shape index (κ1) is 29.9. The van der Waals surface area contributed by atoms with E-state index >= 15 is 0 Å². The van der Waals surface area contributed by atoms with E-state index in [4.69, 9.17) is 15.0 Å². The maximum absolute atomic E-state index is 5.24. The van der Waals surface area contributed by atoms with Gasteiger partial charge in [0, 0.05) is 58.4 Å². The van der Waals surface area contributed by atoms with Gasteiger partial charge in [-0.25, -0.2) is 15.0 Å². The largest absolute Gasteiger partial charge is 0.247 e. The van der Waals surface area contributed by atoms with Gasteiger partial charge in [0.25, 0.3) is 0 Å². The van der Waals surface area contributed by atoms with Gasteiger partial charge >= 0.3 is 0 Å². The summed E-state index contributed by atoms with van der Waals surface area (Å²) in [6.45, 7) is 0. The summed E-state index contributed by atoms with van der Waals surface area (Å²) >= 11 is 1.87. The molecule has 3 heterocycles. The van der Waals surface area contributed by atoms with E-state index in [1.165, 1.54) is 47.1 Å². The standard InChI is InChI=1S/C49H29N3S/c1-2-12-35-32(10-1)11-9-16-37(35)47-40-15-4-7-18-43(40)51-49(52-47)34-26-22-31(23-27-34)30-20-24-33(25-21-30)46-41-29-28-38-36-13-5-8-19-44(36)53-48(38)45(41)39-14-3-6-17-42(39)50-46/h1-29H. The maximum atomic E-state index is 5.24. The molecule has 11 rings (SSSR count). The lowest BCUT2D eigenvalue weighted by molar-refractivity contribution is 1.23. The van der Waals surface area contributed by atoms with Crippen LogP contribution in [0, 0.1) is 0 Å². The number of nitrogens with zero attached hydrogens (tertiary/aromatic N) is 3. The van der Waals surface area contributed by atoms with Crippen LogP contribution in [0.15, 0.2) is 176 Å². The van der Waals surface area contributed by atoms with Crippen LogP contribution in [0.1, 0.15) is 0 Å². The number of hydrogen-bond acceptors (Lipinski definition) is 4. The number of hydrogen-bond donors (Lipinski definition) is 0. The summed E-state index contributed by atoms with van der Waals surface area (Å²) in [6.07, 6.45) is 0. The lowest BCUT2D eigenvalue weighted by atomic mass is 9.96. The first-order chi connectivity index (χ1) is 26.3. The normalized spacial score (nSPS) is 11.8. The van der Waals surface area contributed by atoms with Gasteiger partial charge in [0.05, 0.1) is 22.4 Å². The first-order valence-corrected chi connectivity index (χ1v) is 18.7. The van der Waals surface area contributed by atoms with Gasteiger partial charge in [0.15, 0.2) is 5.82 Å². The van der Waals surface area contributed by atoms with E-state index in [1.807, 2.05) is 17.4 Å². The van der Waals surface area contributed by atoms with Crippen LogP contribution >= 0.6 is 11.3 Å². The molecule has 53 heavy (non-hydrogen) atoms. The van der Waals surface area contributed by atoms with Gasteiger partial charge < -0.3 is 0 Å². The fourth-order valence-corrected chi connectivity index (χ4v) is 9.18. The molecule has 246 valence electrons. The molecule has 0 bridgehead atoms. The molecule has 0 amide bonds. The summed E-state index contributed by atoms with van der Waals surface area (Å²) < 4.78 is 2.63. The van der Waals surface area contributed by atoms with Crippen LogP contribution in [0.2, 0.25) is 0 Å². The highest BCUT2D eigenvalue weighted by Gasteiger charge is 2.17. The van der Waals surface area contributed by atoms with Crippen LogP contribution in [0.3, 0.4) is 0 Å². The zero-order valence-electron chi connectivity index (χ0n) is 28.5. The Kier molecular flexibility index (Phi) is 6.73. The topological polar surface area (TPSA) is 38.7 Å². The van der Waals surface area contributed by atoms with Gasteiger partial charge in [-0.1, -0.05) is 158 Å². The highest BCUT2D eigenvalue weighted by molar-refractivity contribution is 7.26. The molecule has 0 N–H and O–H groups in total. The Balaban J connectivity index is 0.978. The molecule has 0 unspecified atom stereocenters. The van der Waals surface area contributed by atoms with Crippen molar-refractivity contribution < 1.29 is 0 Å². The van der Waals surface area contributed by atoms with E-state index < -0.39 is 0 Å². The molecular weight excluding hydrogens is 663 g/mol. The molecule has 11 aromatic rings. The molecule has 0 aliphatic heterocycles. The van der Waals surface area contributed by atoms with Crippen molar-refractivity contribution in [3.63, 3.8) is 0 Å². The molecule has 3 nitrogen and oxygen atoms in total. The number of benzene rings is 8. The van der Waals surface area contributed by atoms with E-state index in [2.05, 4.69) is 170 Å². The summed E-state index contributed by atoms with van der Waals surface area (Å²) in [5.74, 6) is 0.718. The van der Waals surface area contributed by atoms with Crippen molar-refractivity contribution in [1.29, 1.82) is 0 Å². The third-order valence-electron chi connectivity index (χ3n) is 10.5. The summed E-state index contributed by atoms with van der Waals surface area (Å²) in [6, 6.07) is 62.4. The second-order valence-corrected chi connectivity index (χ2v) is 14.6. The van der Waals surface area contributed by atoms with Crippen LogP contribution in [0.4, 0.5) is 0 Å². The van der Waals surface area contributed by atoms with Gasteiger partial charge in [0.2, 0.25) is 0 Å². The third-order valence-corrected chi connectivity index (χ3v) is 11.7. The monoisotopic (exact) mass is 691 g/mol. The number of rotatable bonds is 4. The van der Waals surface area contributed by atoms with Crippen LogP contribution in [0.5, 0.6) is 0 Å². The van der Waals surface area contributed by atoms with Crippen LogP contribution in [-0.4, -0.2) is 15.0 Å². The Labute approximate surface area is 309 Å². The van der Waals surface area contributed by atoms with E-state index in [-0.39, 0.29) is 0 Å². The molecule has 8 aromatic carbocycles. The Morgan fingerprint density at radius 3 is 1.72 bits per heavy atom. The average Bonchev–Trinajstić information content (AvgIpc) is 3.62. The molecule has 0 saturated carbocycles. The molecular formula is C49H29N3S. The SMILES string of the molecule is c1ccc2c(-c3nc(-c4ccc(-c5ccc(-c6nc7ccccc7c7c6ccc6c8ccccc8sc67)cc5)cc4)nc4ccccc34)cccc2c1. The highest BCUT2D eigenvalue weighted by atomic mass is 32.1. The lowest BCUT2D eigenvalue weighted by Crippen LogP contribution is -1.95. The second kappa shape index (κ2) is 11.9. The third kappa shape index (κ3) is 4.84. The van der Waals surface area contributed by atoms with Gasteiger partial charge in [-0.2, -0.15) is 0 Å². The molecule has 0 spiro atoms. The van der Waals surface area contributed by atoms with Crippen molar-refractivity contribution in [3.8, 4) is 45.0 Å². The van der Waals surface area contributed by atoms with Gasteiger partial charge in [-0.15, -0.1) is 11.3 Å². The van der Waals surface area contributed by atoms with Crippen LogP contribution in [0.25, 0.3) is 109 Å². The molecule has 3 aromatic heterocycles. The molecule has 0 aliphatic carbocycles. The van der Waals surface area contributed by atoms with Crippen LogP contribution < -0.4 is 0 Å². The predicted molar refractivity (Wildman–Crippen MR) is 224 cm³/mol. The number of aromatic nitrogens is 3. The number of pyridine rings is 1. The van der Waals surface area contributed by atoms with E-state index in [1.54, 1.807) is 0 Å². The Morgan fingerprint density at radius 1 is 0.340 bits per heavy atom. The minimum Gasteiger partial charge on any atom is -0.247 e. The molecule has 0 fully saturated rings. The fraction of sp³-hybridized carbons (Fsp3) is 0. The van der Waals surface area contributed by atoms with Crippen LogP contribution in [-0.2, 0) is 0 Å². The zero-order chi connectivity index (χ0) is 34.9. The predicted octanol–water partition coefficient (Wildman–Crippen LogP) is 13.5. The van der Waals surface area contributed by atoms with E-state index in [9.17, 15) is 0 Å². The average molecular weight is 692 g/mol. The molecule has 0 radical (unpaired) electrons. The van der Waals surface area contributed by atoms with Crippen molar-refractivity contribution in [2.45, 2.75) is 0 Å². The Bertz CT molecular complexity index is 3210. The van der Waals surface area contributed by atoms with E-state index in [0.29, 0.717) is 0 Å². The van der Waals surface area contributed by atoms with Crippen molar-refractivity contribution in [1.82, 2.24) is 15.0 Å². The quantitative estimate of drug-likeness (QED) is 0.172. The first-order valence-electron chi connectivity index (χ1n) is 17.9. The molecule has 0 aliphatic rings. The van der Waals surface area contributed by atoms with Gasteiger partial charge in [-0.05, 0) is 40.1 Å². The van der Waals surface area contributed by atoms with Crippen molar-refractivity contribution in [3.05, 3.63) is 176 Å². The minimum absolute atomic E-state index is 0.718. The Morgan fingerprint density at radius 2 is 0.925 bits per heavy atom. The number of para-hydroxylation sites is 2. The van der Waals surface area contributed by atoms with Crippen molar-refractivity contribution >= 4 is 74.9 Å². The van der Waals surface area contributed by atoms with E-state index in [0.717, 1.165) is 61.4 Å². The van der Waals surface area contributed by atoms with Gasteiger partial charge in [-0.3, -0.25) is 0 Å². The number of fused-ring (bicyclic) bond motifs is 9. The highest BCUT2D eigenvalue weighted by Crippen LogP contribution is 2.43. The molecule has 0 saturated heterocycles.